The highest BCUT2D eigenvalue weighted by Crippen LogP contribution is 2.28. The number of benzene rings is 2. The summed E-state index contributed by atoms with van der Waals surface area (Å²) in [7, 11) is 1.58. The molecule has 0 aliphatic carbocycles. The Morgan fingerprint density at radius 3 is 2.60 bits per heavy atom. The molecular formula is C20H23N3O2. The second-order valence-electron chi connectivity index (χ2n) is 6.18. The first-order valence-electron chi connectivity index (χ1n) is 8.58. The highest BCUT2D eigenvalue weighted by atomic mass is 16.2. The van der Waals surface area contributed by atoms with E-state index in [0.29, 0.717) is 12.1 Å². The molecule has 5 nitrogen and oxygen atoms in total. The van der Waals surface area contributed by atoms with Gasteiger partial charge < -0.3 is 15.5 Å². The van der Waals surface area contributed by atoms with Crippen LogP contribution in [0.5, 0.6) is 0 Å². The number of carbonyl (C=O) groups is 2. The van der Waals surface area contributed by atoms with E-state index in [4.69, 9.17) is 0 Å². The van der Waals surface area contributed by atoms with Gasteiger partial charge >= 0.3 is 0 Å². The summed E-state index contributed by atoms with van der Waals surface area (Å²) in [6, 6.07) is 16.2. The molecule has 0 atom stereocenters. The summed E-state index contributed by atoms with van der Waals surface area (Å²) in [5, 5.41) is 5.29. The van der Waals surface area contributed by atoms with Crippen molar-refractivity contribution >= 4 is 17.5 Å². The van der Waals surface area contributed by atoms with E-state index in [2.05, 4.69) is 39.8 Å². The highest BCUT2D eigenvalue weighted by Gasteiger charge is 2.18. The lowest BCUT2D eigenvalue weighted by Crippen LogP contribution is -2.29. The molecular weight excluding hydrogens is 314 g/mol. The molecule has 1 aliphatic rings. The predicted octanol–water partition coefficient (Wildman–Crippen LogP) is 2.12. The zero-order valence-electron chi connectivity index (χ0n) is 14.4. The monoisotopic (exact) mass is 337 g/mol. The predicted molar refractivity (Wildman–Crippen MR) is 98.7 cm³/mol. The summed E-state index contributed by atoms with van der Waals surface area (Å²) in [6.45, 7) is 2.21. The molecule has 2 aromatic carbocycles. The van der Waals surface area contributed by atoms with Gasteiger partial charge in [0, 0.05) is 44.4 Å². The molecule has 0 fully saturated rings. The van der Waals surface area contributed by atoms with Crippen LogP contribution in [0.15, 0.2) is 48.5 Å². The second kappa shape index (κ2) is 7.83. The molecule has 3 rings (SSSR count). The van der Waals surface area contributed by atoms with Gasteiger partial charge in [-0.15, -0.1) is 0 Å². The van der Waals surface area contributed by atoms with Gasteiger partial charge in [-0.3, -0.25) is 9.59 Å². The van der Waals surface area contributed by atoms with Crippen molar-refractivity contribution in [2.24, 2.45) is 0 Å². The number of fused-ring (bicyclic) bond motifs is 1. The van der Waals surface area contributed by atoms with Gasteiger partial charge in [0.2, 0.25) is 5.91 Å². The normalized spacial score (nSPS) is 12.6. The van der Waals surface area contributed by atoms with Crippen molar-refractivity contribution in [3.8, 4) is 0 Å². The van der Waals surface area contributed by atoms with Crippen LogP contribution in [0.4, 0.5) is 5.69 Å². The van der Waals surface area contributed by atoms with Gasteiger partial charge in [-0.2, -0.15) is 0 Å². The molecule has 2 N–H and O–H groups in total. The standard InChI is InChI=1S/C20H23N3O2/c1-21-19(24)10-12-22-20(25)17-8-6-15(7-9-17)14-23-13-11-16-4-2-3-5-18(16)23/h2-9H,10-14H2,1H3,(H,21,24)(H,22,25). The number of hydrogen-bond donors (Lipinski definition) is 2. The molecule has 25 heavy (non-hydrogen) atoms. The van der Waals surface area contributed by atoms with Crippen LogP contribution in [-0.4, -0.2) is 32.0 Å². The number of hydrogen-bond acceptors (Lipinski definition) is 3. The minimum Gasteiger partial charge on any atom is -0.367 e. The van der Waals surface area contributed by atoms with E-state index in [1.165, 1.54) is 16.8 Å². The van der Waals surface area contributed by atoms with E-state index < -0.39 is 0 Å². The number of anilines is 1. The van der Waals surface area contributed by atoms with Gasteiger partial charge in [0.15, 0.2) is 0 Å². The number of para-hydroxylation sites is 1. The fourth-order valence-electron chi connectivity index (χ4n) is 3.07. The Kier molecular flexibility index (Phi) is 5.33. The average molecular weight is 337 g/mol. The fraction of sp³-hybridized carbons (Fsp3) is 0.300. The summed E-state index contributed by atoms with van der Waals surface area (Å²) < 4.78 is 0. The molecule has 0 spiro atoms. The maximum atomic E-state index is 12.1. The molecule has 0 radical (unpaired) electrons. The Morgan fingerprint density at radius 1 is 1.08 bits per heavy atom. The van der Waals surface area contributed by atoms with Gasteiger partial charge in [0.1, 0.15) is 0 Å². The zero-order valence-corrected chi connectivity index (χ0v) is 14.4. The van der Waals surface area contributed by atoms with Crippen LogP contribution in [0, 0.1) is 0 Å². The maximum Gasteiger partial charge on any atom is 0.251 e. The Bertz CT molecular complexity index is 756. The van der Waals surface area contributed by atoms with Crippen LogP contribution >= 0.6 is 0 Å². The summed E-state index contributed by atoms with van der Waals surface area (Å²) >= 11 is 0. The summed E-state index contributed by atoms with van der Waals surface area (Å²) in [4.78, 5) is 25.6. The van der Waals surface area contributed by atoms with Crippen LogP contribution in [-0.2, 0) is 17.8 Å². The van der Waals surface area contributed by atoms with Crippen molar-refractivity contribution in [3.63, 3.8) is 0 Å². The number of carbonyl (C=O) groups excluding carboxylic acids is 2. The molecule has 0 saturated heterocycles. The molecule has 1 heterocycles. The molecule has 2 amide bonds. The van der Waals surface area contributed by atoms with Crippen molar-refractivity contribution < 1.29 is 9.59 Å². The van der Waals surface area contributed by atoms with Crippen molar-refractivity contribution in [1.82, 2.24) is 10.6 Å². The highest BCUT2D eigenvalue weighted by molar-refractivity contribution is 5.94. The Labute approximate surface area is 148 Å². The molecule has 1 aliphatic heterocycles. The second-order valence-corrected chi connectivity index (χ2v) is 6.18. The lowest BCUT2D eigenvalue weighted by Gasteiger charge is -2.19. The van der Waals surface area contributed by atoms with E-state index >= 15 is 0 Å². The van der Waals surface area contributed by atoms with Crippen LogP contribution in [0.2, 0.25) is 0 Å². The average Bonchev–Trinajstić information content (AvgIpc) is 3.05. The van der Waals surface area contributed by atoms with Crippen LogP contribution < -0.4 is 15.5 Å². The Hall–Kier alpha value is -2.82. The molecule has 130 valence electrons. The SMILES string of the molecule is CNC(=O)CCNC(=O)c1ccc(CN2CCc3ccccc32)cc1. The molecule has 5 heteroatoms. The van der Waals surface area contributed by atoms with E-state index in [-0.39, 0.29) is 18.2 Å². The van der Waals surface area contributed by atoms with Crippen LogP contribution in [0.1, 0.15) is 27.9 Å². The van der Waals surface area contributed by atoms with Crippen molar-refractivity contribution in [1.29, 1.82) is 0 Å². The van der Waals surface area contributed by atoms with Crippen molar-refractivity contribution in [3.05, 3.63) is 65.2 Å². The van der Waals surface area contributed by atoms with Crippen LogP contribution in [0.3, 0.4) is 0 Å². The van der Waals surface area contributed by atoms with E-state index in [9.17, 15) is 9.59 Å². The van der Waals surface area contributed by atoms with Gasteiger partial charge in [0.05, 0.1) is 0 Å². The van der Waals surface area contributed by atoms with Gasteiger partial charge in [-0.25, -0.2) is 0 Å². The minimum absolute atomic E-state index is 0.0819. The first kappa shape index (κ1) is 17.0. The molecule has 0 bridgehead atoms. The first-order valence-corrected chi connectivity index (χ1v) is 8.58. The number of rotatable bonds is 6. The molecule has 0 aromatic heterocycles. The first-order chi connectivity index (χ1) is 12.2. The maximum absolute atomic E-state index is 12.1. The third-order valence-corrected chi connectivity index (χ3v) is 4.49. The topological polar surface area (TPSA) is 61.4 Å². The van der Waals surface area contributed by atoms with Gasteiger partial charge in [-0.05, 0) is 35.7 Å². The number of nitrogens with zero attached hydrogens (tertiary/aromatic N) is 1. The van der Waals surface area contributed by atoms with Crippen LogP contribution in [0.25, 0.3) is 0 Å². The largest absolute Gasteiger partial charge is 0.367 e. The van der Waals surface area contributed by atoms with E-state index in [0.717, 1.165) is 19.5 Å². The lowest BCUT2D eigenvalue weighted by molar-refractivity contribution is -0.120. The van der Waals surface area contributed by atoms with Crippen molar-refractivity contribution in [2.45, 2.75) is 19.4 Å². The molecule has 0 saturated carbocycles. The zero-order chi connectivity index (χ0) is 17.6. The molecule has 0 unspecified atom stereocenters. The Morgan fingerprint density at radius 2 is 1.84 bits per heavy atom. The number of amides is 2. The quantitative estimate of drug-likeness (QED) is 0.849. The van der Waals surface area contributed by atoms with Gasteiger partial charge in [-0.1, -0.05) is 30.3 Å². The summed E-state index contributed by atoms with van der Waals surface area (Å²) in [5.41, 5.74) is 4.49. The molecule has 2 aromatic rings. The minimum atomic E-state index is -0.151. The smallest absolute Gasteiger partial charge is 0.251 e. The fourth-order valence-corrected chi connectivity index (χ4v) is 3.07. The summed E-state index contributed by atoms with van der Waals surface area (Å²) in [6.07, 6.45) is 1.37. The third kappa shape index (κ3) is 4.18. The summed E-state index contributed by atoms with van der Waals surface area (Å²) in [5.74, 6) is -0.233. The van der Waals surface area contributed by atoms with E-state index in [1.807, 2.05) is 24.3 Å². The van der Waals surface area contributed by atoms with Crippen molar-refractivity contribution in [2.75, 3.05) is 25.0 Å². The lowest BCUT2D eigenvalue weighted by atomic mass is 10.1. The van der Waals surface area contributed by atoms with Gasteiger partial charge in [0.25, 0.3) is 5.91 Å². The number of nitrogens with one attached hydrogen (secondary N) is 2. The Balaban J connectivity index is 1.56. The third-order valence-electron chi connectivity index (χ3n) is 4.49. The van der Waals surface area contributed by atoms with E-state index in [1.54, 1.807) is 7.05 Å².